The van der Waals surface area contributed by atoms with Crippen LogP contribution in [0.2, 0.25) is 5.02 Å². The summed E-state index contributed by atoms with van der Waals surface area (Å²) < 4.78 is 6.87. The van der Waals surface area contributed by atoms with Crippen LogP contribution in [0.1, 0.15) is 5.89 Å². The first-order chi connectivity index (χ1) is 11.3. The standard InChI is InChI=1S/C14H9ClN6OS/c15-10-5-2-1-4-9(10)12-17-11(22-20-12)8-23-14-18-13-16-6-3-7-21(13)19-14/h1-7H,8H2. The molecule has 1 aromatic carbocycles. The Kier molecular flexibility index (Phi) is 3.68. The maximum absolute atomic E-state index is 6.13. The Morgan fingerprint density at radius 2 is 2.09 bits per heavy atom. The summed E-state index contributed by atoms with van der Waals surface area (Å²) >= 11 is 7.53. The number of benzene rings is 1. The van der Waals surface area contributed by atoms with Gasteiger partial charge in [0.2, 0.25) is 16.9 Å². The predicted molar refractivity (Wildman–Crippen MR) is 85.1 cm³/mol. The number of hydrogen-bond donors (Lipinski definition) is 0. The molecule has 0 aliphatic carbocycles. The van der Waals surface area contributed by atoms with Crippen LogP contribution in [0.3, 0.4) is 0 Å². The third-order valence-corrected chi connectivity index (χ3v) is 4.16. The summed E-state index contributed by atoms with van der Waals surface area (Å²) in [5.41, 5.74) is 0.740. The minimum atomic E-state index is 0.467. The van der Waals surface area contributed by atoms with Crippen molar-refractivity contribution in [3.8, 4) is 11.4 Å². The van der Waals surface area contributed by atoms with E-state index >= 15 is 0 Å². The third-order valence-electron chi connectivity index (χ3n) is 3.00. The maximum Gasteiger partial charge on any atom is 0.253 e. The molecule has 3 aromatic heterocycles. The van der Waals surface area contributed by atoms with Gasteiger partial charge in [0.1, 0.15) is 0 Å². The summed E-state index contributed by atoms with van der Waals surface area (Å²) in [5, 5.41) is 9.44. The lowest BCUT2D eigenvalue weighted by Crippen LogP contribution is -1.87. The lowest BCUT2D eigenvalue weighted by molar-refractivity contribution is 0.391. The van der Waals surface area contributed by atoms with Gasteiger partial charge in [-0.15, -0.1) is 5.10 Å². The molecule has 114 valence electrons. The van der Waals surface area contributed by atoms with Gasteiger partial charge in [0, 0.05) is 18.0 Å². The molecule has 0 radical (unpaired) electrons. The van der Waals surface area contributed by atoms with E-state index in [2.05, 4.69) is 25.2 Å². The molecule has 0 saturated carbocycles. The molecule has 0 unspecified atom stereocenters. The highest BCUT2D eigenvalue weighted by Gasteiger charge is 2.13. The van der Waals surface area contributed by atoms with E-state index in [4.69, 9.17) is 16.1 Å². The SMILES string of the molecule is Clc1ccccc1-c1noc(CSc2nc3ncccn3n2)n1. The van der Waals surface area contributed by atoms with Gasteiger partial charge < -0.3 is 4.52 Å². The van der Waals surface area contributed by atoms with Crippen molar-refractivity contribution in [2.75, 3.05) is 0 Å². The molecule has 0 fully saturated rings. The van der Waals surface area contributed by atoms with Crippen LogP contribution in [0.5, 0.6) is 0 Å². The van der Waals surface area contributed by atoms with Crippen LogP contribution in [0.15, 0.2) is 52.4 Å². The van der Waals surface area contributed by atoms with Gasteiger partial charge >= 0.3 is 0 Å². The highest BCUT2D eigenvalue weighted by molar-refractivity contribution is 7.98. The molecule has 23 heavy (non-hydrogen) atoms. The Morgan fingerprint density at radius 1 is 1.17 bits per heavy atom. The monoisotopic (exact) mass is 344 g/mol. The molecule has 0 aliphatic rings. The first-order valence-corrected chi connectivity index (χ1v) is 8.03. The molecule has 0 spiro atoms. The quantitative estimate of drug-likeness (QED) is 0.526. The van der Waals surface area contributed by atoms with Crippen LogP contribution < -0.4 is 0 Å². The van der Waals surface area contributed by atoms with Crippen molar-refractivity contribution in [3.63, 3.8) is 0 Å². The molecule has 7 nitrogen and oxygen atoms in total. The first-order valence-electron chi connectivity index (χ1n) is 6.67. The van der Waals surface area contributed by atoms with E-state index in [-0.39, 0.29) is 0 Å². The van der Waals surface area contributed by atoms with Gasteiger partial charge in [0.25, 0.3) is 5.78 Å². The summed E-state index contributed by atoms with van der Waals surface area (Å²) in [6.07, 6.45) is 3.47. The Labute approximate surface area is 139 Å². The summed E-state index contributed by atoms with van der Waals surface area (Å²) in [7, 11) is 0. The fraction of sp³-hybridized carbons (Fsp3) is 0.0714. The van der Waals surface area contributed by atoms with E-state index in [1.54, 1.807) is 29.0 Å². The van der Waals surface area contributed by atoms with Crippen molar-refractivity contribution in [2.45, 2.75) is 10.9 Å². The number of nitrogens with zero attached hydrogens (tertiary/aromatic N) is 6. The van der Waals surface area contributed by atoms with E-state index in [1.807, 2.05) is 18.2 Å². The lowest BCUT2D eigenvalue weighted by atomic mass is 10.2. The first kappa shape index (κ1) is 14.2. The Balaban J connectivity index is 1.51. The topological polar surface area (TPSA) is 82.0 Å². The number of thioether (sulfide) groups is 1. The van der Waals surface area contributed by atoms with Crippen molar-refractivity contribution in [3.05, 3.63) is 53.6 Å². The zero-order valence-electron chi connectivity index (χ0n) is 11.6. The number of rotatable bonds is 4. The van der Waals surface area contributed by atoms with E-state index < -0.39 is 0 Å². The molecule has 0 atom stereocenters. The smallest absolute Gasteiger partial charge is 0.253 e. The van der Waals surface area contributed by atoms with Crippen LogP contribution in [-0.4, -0.2) is 29.7 Å². The molecule has 9 heteroatoms. The normalized spacial score (nSPS) is 11.2. The molecule has 0 bridgehead atoms. The molecule has 0 aliphatic heterocycles. The molecule has 0 N–H and O–H groups in total. The van der Waals surface area contributed by atoms with Crippen LogP contribution in [0.25, 0.3) is 17.2 Å². The summed E-state index contributed by atoms with van der Waals surface area (Å²) in [4.78, 5) is 12.8. The van der Waals surface area contributed by atoms with E-state index in [9.17, 15) is 0 Å². The highest BCUT2D eigenvalue weighted by Crippen LogP contribution is 2.26. The average Bonchev–Trinajstić information content (AvgIpc) is 3.19. The van der Waals surface area contributed by atoms with Crippen molar-refractivity contribution >= 4 is 29.1 Å². The van der Waals surface area contributed by atoms with Gasteiger partial charge in [-0.1, -0.05) is 40.7 Å². The van der Waals surface area contributed by atoms with E-state index in [0.717, 1.165) is 5.56 Å². The predicted octanol–water partition coefficient (Wildman–Crippen LogP) is 3.12. The molecule has 3 heterocycles. The number of hydrogen-bond acceptors (Lipinski definition) is 7. The Bertz CT molecular complexity index is 935. The third kappa shape index (κ3) is 2.90. The molecule has 4 rings (SSSR count). The van der Waals surface area contributed by atoms with Crippen molar-refractivity contribution in [1.29, 1.82) is 0 Å². The van der Waals surface area contributed by atoms with Gasteiger partial charge in [0.15, 0.2) is 0 Å². The van der Waals surface area contributed by atoms with Crippen LogP contribution in [-0.2, 0) is 5.75 Å². The second kappa shape index (κ2) is 5.98. The van der Waals surface area contributed by atoms with E-state index in [1.165, 1.54) is 11.8 Å². The van der Waals surface area contributed by atoms with Crippen molar-refractivity contribution in [2.24, 2.45) is 0 Å². The van der Waals surface area contributed by atoms with Crippen molar-refractivity contribution < 1.29 is 4.52 Å². The molecule has 4 aromatic rings. The second-order valence-electron chi connectivity index (χ2n) is 4.54. The number of halogens is 1. The summed E-state index contributed by atoms with van der Waals surface area (Å²) in [6, 6.07) is 9.16. The lowest BCUT2D eigenvalue weighted by Gasteiger charge is -1.95. The van der Waals surface area contributed by atoms with E-state index in [0.29, 0.717) is 33.4 Å². The zero-order valence-corrected chi connectivity index (χ0v) is 13.2. The second-order valence-corrected chi connectivity index (χ2v) is 5.89. The maximum atomic E-state index is 6.13. The van der Waals surface area contributed by atoms with Crippen molar-refractivity contribution in [1.82, 2.24) is 29.7 Å². The minimum Gasteiger partial charge on any atom is -0.338 e. The Hall–Kier alpha value is -2.45. The average molecular weight is 345 g/mol. The summed E-state index contributed by atoms with van der Waals surface area (Å²) in [5.74, 6) is 1.97. The zero-order chi connectivity index (χ0) is 15.6. The minimum absolute atomic E-state index is 0.467. The van der Waals surface area contributed by atoms with Gasteiger partial charge in [-0.2, -0.15) is 9.97 Å². The van der Waals surface area contributed by atoms with Crippen LogP contribution >= 0.6 is 23.4 Å². The van der Waals surface area contributed by atoms with Crippen LogP contribution in [0.4, 0.5) is 0 Å². The van der Waals surface area contributed by atoms with Gasteiger partial charge in [-0.25, -0.2) is 9.50 Å². The largest absolute Gasteiger partial charge is 0.338 e. The molecule has 0 amide bonds. The van der Waals surface area contributed by atoms with Gasteiger partial charge in [0.05, 0.1) is 10.8 Å². The molecule has 0 saturated heterocycles. The van der Waals surface area contributed by atoms with Crippen LogP contribution in [0, 0.1) is 0 Å². The van der Waals surface area contributed by atoms with Gasteiger partial charge in [-0.05, 0) is 18.2 Å². The molecular weight excluding hydrogens is 336 g/mol. The number of aromatic nitrogens is 6. The summed E-state index contributed by atoms with van der Waals surface area (Å²) in [6.45, 7) is 0. The Morgan fingerprint density at radius 3 is 2.96 bits per heavy atom. The fourth-order valence-electron chi connectivity index (χ4n) is 1.97. The van der Waals surface area contributed by atoms with Gasteiger partial charge in [-0.3, -0.25) is 0 Å². The highest BCUT2D eigenvalue weighted by atomic mass is 35.5. The number of fused-ring (bicyclic) bond motifs is 1. The molecular formula is C14H9ClN6OS. The fourth-order valence-corrected chi connectivity index (χ4v) is 2.85.